The maximum Gasteiger partial charge on any atom is 0.323 e. The summed E-state index contributed by atoms with van der Waals surface area (Å²) < 4.78 is 32.8. The third-order valence-electron chi connectivity index (χ3n) is 3.69. The Kier molecular flexibility index (Phi) is 4.16. The average molecular weight is 347 g/mol. The standard InChI is InChI=1S/C16H17N3O4S/c1-10-3-6-15(23-2)11(7-10)9-17-24(21,22)12-4-5-13-14(8-12)19-16(20)18-13/h3-8,17H,9H2,1-2H3,(H2,18,19,20). The molecule has 2 aromatic carbocycles. The van der Waals surface area contributed by atoms with E-state index in [4.69, 9.17) is 4.74 Å². The van der Waals surface area contributed by atoms with Crippen LogP contribution >= 0.6 is 0 Å². The van der Waals surface area contributed by atoms with Crippen molar-refractivity contribution in [1.29, 1.82) is 0 Å². The van der Waals surface area contributed by atoms with E-state index in [9.17, 15) is 13.2 Å². The number of imidazole rings is 1. The number of benzene rings is 2. The van der Waals surface area contributed by atoms with Crippen LogP contribution in [0.15, 0.2) is 46.1 Å². The number of hydrogen-bond donors (Lipinski definition) is 3. The van der Waals surface area contributed by atoms with Gasteiger partial charge in [0, 0.05) is 12.1 Å². The van der Waals surface area contributed by atoms with E-state index in [-0.39, 0.29) is 17.1 Å². The Morgan fingerprint density at radius 2 is 1.83 bits per heavy atom. The molecule has 8 heteroatoms. The van der Waals surface area contributed by atoms with Crippen LogP contribution in [0.3, 0.4) is 0 Å². The van der Waals surface area contributed by atoms with Crippen molar-refractivity contribution in [3.05, 3.63) is 58.0 Å². The van der Waals surface area contributed by atoms with Crippen molar-refractivity contribution in [2.45, 2.75) is 18.4 Å². The summed E-state index contributed by atoms with van der Waals surface area (Å²) in [5, 5.41) is 0. The van der Waals surface area contributed by atoms with E-state index in [1.165, 1.54) is 12.1 Å². The Morgan fingerprint density at radius 1 is 1.08 bits per heavy atom. The van der Waals surface area contributed by atoms with Crippen LogP contribution in [0.2, 0.25) is 0 Å². The third-order valence-corrected chi connectivity index (χ3v) is 5.09. The number of aromatic nitrogens is 2. The molecule has 0 aliphatic carbocycles. The summed E-state index contributed by atoms with van der Waals surface area (Å²) in [6.07, 6.45) is 0. The molecule has 0 aliphatic heterocycles. The van der Waals surface area contributed by atoms with Crippen LogP contribution in [0.1, 0.15) is 11.1 Å². The summed E-state index contributed by atoms with van der Waals surface area (Å²) in [7, 11) is -2.18. The van der Waals surface area contributed by atoms with Crippen LogP contribution in [0.5, 0.6) is 5.75 Å². The predicted octanol–water partition coefficient (Wildman–Crippen LogP) is 1.65. The van der Waals surface area contributed by atoms with Crippen molar-refractivity contribution < 1.29 is 13.2 Å². The summed E-state index contributed by atoms with van der Waals surface area (Å²) in [6, 6.07) is 9.98. The zero-order valence-electron chi connectivity index (χ0n) is 13.2. The number of ether oxygens (including phenoxy) is 1. The molecule has 0 unspecified atom stereocenters. The molecule has 0 fully saturated rings. The summed E-state index contributed by atoms with van der Waals surface area (Å²) in [6.45, 7) is 2.03. The lowest BCUT2D eigenvalue weighted by Gasteiger charge is -2.11. The Balaban J connectivity index is 1.87. The molecular weight excluding hydrogens is 330 g/mol. The van der Waals surface area contributed by atoms with Gasteiger partial charge in [0.15, 0.2) is 0 Å². The number of hydrogen-bond acceptors (Lipinski definition) is 4. The second-order valence-electron chi connectivity index (χ2n) is 5.43. The Morgan fingerprint density at radius 3 is 2.58 bits per heavy atom. The Bertz CT molecular complexity index is 1050. The third kappa shape index (κ3) is 3.19. The van der Waals surface area contributed by atoms with E-state index in [0.29, 0.717) is 16.8 Å². The van der Waals surface area contributed by atoms with Crippen LogP contribution in [0, 0.1) is 6.92 Å². The molecular formula is C16H17N3O4S. The second-order valence-corrected chi connectivity index (χ2v) is 7.19. The van der Waals surface area contributed by atoms with Gasteiger partial charge in [0.25, 0.3) is 0 Å². The van der Waals surface area contributed by atoms with Gasteiger partial charge in [0.05, 0.1) is 23.0 Å². The number of fused-ring (bicyclic) bond motifs is 1. The molecule has 0 amide bonds. The van der Waals surface area contributed by atoms with Crippen molar-refractivity contribution in [3.63, 3.8) is 0 Å². The molecule has 0 saturated heterocycles. The Labute approximate surface area is 138 Å². The molecule has 0 saturated carbocycles. The number of aryl methyl sites for hydroxylation is 1. The highest BCUT2D eigenvalue weighted by atomic mass is 32.2. The van der Waals surface area contributed by atoms with E-state index in [0.717, 1.165) is 11.1 Å². The summed E-state index contributed by atoms with van der Waals surface area (Å²) in [4.78, 5) is 16.5. The minimum Gasteiger partial charge on any atom is -0.496 e. The minimum absolute atomic E-state index is 0.0804. The topological polar surface area (TPSA) is 104 Å². The molecule has 7 nitrogen and oxygen atoms in total. The van der Waals surface area contributed by atoms with Crippen molar-refractivity contribution in [1.82, 2.24) is 14.7 Å². The molecule has 3 rings (SSSR count). The normalized spacial score (nSPS) is 11.8. The van der Waals surface area contributed by atoms with Gasteiger partial charge in [0.2, 0.25) is 10.0 Å². The molecule has 0 aliphatic rings. The Hall–Kier alpha value is -2.58. The molecule has 3 aromatic rings. The molecule has 0 bridgehead atoms. The highest BCUT2D eigenvalue weighted by molar-refractivity contribution is 7.89. The number of H-pyrrole nitrogens is 2. The van der Waals surface area contributed by atoms with Crippen LogP contribution in [0.25, 0.3) is 11.0 Å². The van der Waals surface area contributed by atoms with Gasteiger partial charge in [-0.25, -0.2) is 17.9 Å². The molecule has 1 heterocycles. The van der Waals surface area contributed by atoms with Gasteiger partial charge in [-0.15, -0.1) is 0 Å². The van der Waals surface area contributed by atoms with Gasteiger partial charge < -0.3 is 14.7 Å². The van der Waals surface area contributed by atoms with Gasteiger partial charge >= 0.3 is 5.69 Å². The fourth-order valence-corrected chi connectivity index (χ4v) is 3.51. The van der Waals surface area contributed by atoms with Crippen LogP contribution in [-0.2, 0) is 16.6 Å². The van der Waals surface area contributed by atoms with Gasteiger partial charge in [-0.05, 0) is 31.2 Å². The zero-order chi connectivity index (χ0) is 17.3. The van der Waals surface area contributed by atoms with E-state index in [1.807, 2.05) is 19.1 Å². The number of methoxy groups -OCH3 is 1. The number of rotatable bonds is 5. The van der Waals surface area contributed by atoms with E-state index >= 15 is 0 Å². The molecule has 24 heavy (non-hydrogen) atoms. The summed E-state index contributed by atoms with van der Waals surface area (Å²) in [5.74, 6) is 0.619. The first kappa shape index (κ1) is 16.3. The minimum atomic E-state index is -3.72. The second kappa shape index (κ2) is 6.14. The zero-order valence-corrected chi connectivity index (χ0v) is 14.0. The first-order chi connectivity index (χ1) is 11.4. The van der Waals surface area contributed by atoms with Gasteiger partial charge in [0.1, 0.15) is 5.75 Å². The highest BCUT2D eigenvalue weighted by Crippen LogP contribution is 2.21. The lowest BCUT2D eigenvalue weighted by Crippen LogP contribution is -2.23. The van der Waals surface area contributed by atoms with Gasteiger partial charge in [-0.1, -0.05) is 17.7 Å². The summed E-state index contributed by atoms with van der Waals surface area (Å²) in [5.41, 5.74) is 2.38. The van der Waals surface area contributed by atoms with Crippen molar-refractivity contribution in [2.24, 2.45) is 0 Å². The van der Waals surface area contributed by atoms with Crippen molar-refractivity contribution in [3.8, 4) is 5.75 Å². The molecule has 126 valence electrons. The number of nitrogens with one attached hydrogen (secondary N) is 3. The van der Waals surface area contributed by atoms with Crippen LogP contribution < -0.4 is 15.1 Å². The molecule has 0 atom stereocenters. The van der Waals surface area contributed by atoms with Crippen molar-refractivity contribution >= 4 is 21.1 Å². The maximum atomic E-state index is 12.5. The highest BCUT2D eigenvalue weighted by Gasteiger charge is 2.16. The predicted molar refractivity (Wildman–Crippen MR) is 90.7 cm³/mol. The fraction of sp³-hybridized carbons (Fsp3) is 0.188. The van der Waals surface area contributed by atoms with E-state index in [1.54, 1.807) is 19.2 Å². The smallest absolute Gasteiger partial charge is 0.323 e. The number of sulfonamides is 1. The first-order valence-electron chi connectivity index (χ1n) is 7.24. The lowest BCUT2D eigenvalue weighted by molar-refractivity contribution is 0.409. The number of aromatic amines is 2. The monoisotopic (exact) mass is 347 g/mol. The molecule has 1 aromatic heterocycles. The average Bonchev–Trinajstić information content (AvgIpc) is 2.92. The first-order valence-corrected chi connectivity index (χ1v) is 8.72. The summed E-state index contributed by atoms with van der Waals surface area (Å²) >= 11 is 0. The van der Waals surface area contributed by atoms with Crippen LogP contribution in [-0.4, -0.2) is 25.5 Å². The van der Waals surface area contributed by atoms with Gasteiger partial charge in [-0.3, -0.25) is 0 Å². The molecule has 0 spiro atoms. The van der Waals surface area contributed by atoms with Gasteiger partial charge in [-0.2, -0.15) is 0 Å². The van der Waals surface area contributed by atoms with E-state index in [2.05, 4.69) is 14.7 Å². The maximum absolute atomic E-state index is 12.5. The molecule has 0 radical (unpaired) electrons. The molecule has 3 N–H and O–H groups in total. The largest absolute Gasteiger partial charge is 0.496 e. The SMILES string of the molecule is COc1ccc(C)cc1CNS(=O)(=O)c1ccc2[nH]c(=O)[nH]c2c1. The van der Waals surface area contributed by atoms with E-state index < -0.39 is 10.0 Å². The lowest BCUT2D eigenvalue weighted by atomic mass is 10.1. The van der Waals surface area contributed by atoms with Crippen LogP contribution in [0.4, 0.5) is 0 Å². The quantitative estimate of drug-likeness (QED) is 0.653. The van der Waals surface area contributed by atoms with Crippen molar-refractivity contribution in [2.75, 3.05) is 7.11 Å². The fourth-order valence-electron chi connectivity index (χ4n) is 2.48.